The molecule has 0 unspecified atom stereocenters. The van der Waals surface area contributed by atoms with Crippen molar-refractivity contribution in [2.24, 2.45) is 0 Å². The molecule has 0 N–H and O–H groups in total. The largest absolute Gasteiger partial charge is 0.462 e. The molecule has 1 aliphatic carbocycles. The van der Waals surface area contributed by atoms with Crippen LogP contribution in [0.25, 0.3) is 0 Å². The second-order valence-corrected chi connectivity index (χ2v) is 7.04. The van der Waals surface area contributed by atoms with E-state index in [9.17, 15) is 4.79 Å². The predicted molar refractivity (Wildman–Crippen MR) is 96.5 cm³/mol. The lowest BCUT2D eigenvalue weighted by Crippen LogP contribution is -2.46. The third-order valence-corrected chi connectivity index (χ3v) is 5.30. The maximum absolute atomic E-state index is 11.7. The van der Waals surface area contributed by atoms with Crippen molar-refractivity contribution in [3.05, 3.63) is 29.7 Å². The minimum absolute atomic E-state index is 0.325. The number of carbonyl (C=O) groups is 1. The molecular formula is C17H21N5O2S. The van der Waals surface area contributed by atoms with Crippen LogP contribution in [-0.4, -0.2) is 53.1 Å². The first-order valence-electron chi connectivity index (χ1n) is 8.71. The van der Waals surface area contributed by atoms with Crippen LogP contribution in [-0.2, 0) is 4.74 Å². The van der Waals surface area contributed by atoms with Gasteiger partial charge in [0.25, 0.3) is 0 Å². The maximum atomic E-state index is 11.7. The molecule has 0 spiro atoms. The zero-order valence-corrected chi connectivity index (χ0v) is 15.0. The Morgan fingerprint density at radius 2 is 2.00 bits per heavy atom. The molecule has 1 saturated heterocycles. The van der Waals surface area contributed by atoms with Gasteiger partial charge in [-0.05, 0) is 31.9 Å². The quantitative estimate of drug-likeness (QED) is 0.759. The minimum atomic E-state index is -0.325. The van der Waals surface area contributed by atoms with Crippen molar-refractivity contribution in [1.29, 1.82) is 0 Å². The maximum Gasteiger partial charge on any atom is 0.339 e. The predicted octanol–water partition coefficient (Wildman–Crippen LogP) is 2.31. The van der Waals surface area contributed by atoms with Crippen LogP contribution in [0.15, 0.2) is 18.3 Å². The van der Waals surface area contributed by atoms with E-state index in [1.807, 2.05) is 6.07 Å². The summed E-state index contributed by atoms with van der Waals surface area (Å²) in [7, 11) is 0. The molecule has 1 saturated carbocycles. The van der Waals surface area contributed by atoms with Crippen molar-refractivity contribution >= 4 is 28.5 Å². The lowest BCUT2D eigenvalue weighted by atomic mass is 10.2. The molecule has 7 nitrogen and oxygen atoms in total. The van der Waals surface area contributed by atoms with Gasteiger partial charge in [0.1, 0.15) is 11.6 Å². The number of piperazine rings is 1. The Kier molecular flexibility index (Phi) is 4.52. The summed E-state index contributed by atoms with van der Waals surface area (Å²) in [6.45, 7) is 5.73. The van der Waals surface area contributed by atoms with E-state index >= 15 is 0 Å². The van der Waals surface area contributed by atoms with Crippen molar-refractivity contribution < 1.29 is 9.53 Å². The van der Waals surface area contributed by atoms with Gasteiger partial charge in [-0.3, -0.25) is 0 Å². The molecule has 0 amide bonds. The highest BCUT2D eigenvalue weighted by Crippen LogP contribution is 2.39. The van der Waals surface area contributed by atoms with Gasteiger partial charge in [0.05, 0.1) is 12.2 Å². The number of hydrogen-bond acceptors (Lipinski definition) is 8. The molecule has 8 heteroatoms. The summed E-state index contributed by atoms with van der Waals surface area (Å²) in [6, 6.07) is 3.66. The van der Waals surface area contributed by atoms with Crippen LogP contribution < -0.4 is 9.80 Å². The lowest BCUT2D eigenvalue weighted by Gasteiger charge is -2.35. The normalized spacial score (nSPS) is 17.6. The average molecular weight is 359 g/mol. The molecule has 2 aromatic heterocycles. The summed E-state index contributed by atoms with van der Waals surface area (Å²) >= 11 is 1.51. The molecule has 0 aromatic carbocycles. The van der Waals surface area contributed by atoms with E-state index in [1.54, 1.807) is 19.2 Å². The minimum Gasteiger partial charge on any atom is -0.462 e. The Labute approximate surface area is 150 Å². The average Bonchev–Trinajstić information content (AvgIpc) is 3.39. The highest BCUT2D eigenvalue weighted by atomic mass is 32.1. The number of ether oxygens (including phenoxy) is 1. The van der Waals surface area contributed by atoms with Crippen LogP contribution in [0.3, 0.4) is 0 Å². The number of esters is 1. The van der Waals surface area contributed by atoms with E-state index in [0.717, 1.165) is 43.0 Å². The van der Waals surface area contributed by atoms with Crippen LogP contribution in [0.4, 0.5) is 10.9 Å². The summed E-state index contributed by atoms with van der Waals surface area (Å²) in [5, 5.41) is 1.03. The zero-order chi connectivity index (χ0) is 17.2. The number of hydrogen-bond donors (Lipinski definition) is 0. The Morgan fingerprint density at radius 3 is 2.64 bits per heavy atom. The van der Waals surface area contributed by atoms with Gasteiger partial charge in [0.15, 0.2) is 0 Å². The Bertz CT molecular complexity index is 736. The summed E-state index contributed by atoms with van der Waals surface area (Å²) in [6.07, 6.45) is 4.06. The molecule has 1 aliphatic heterocycles. The topological polar surface area (TPSA) is 71.5 Å². The molecule has 4 rings (SSSR count). The number of pyridine rings is 1. The second-order valence-electron chi connectivity index (χ2n) is 6.31. The van der Waals surface area contributed by atoms with Gasteiger partial charge >= 0.3 is 5.97 Å². The third-order valence-electron chi connectivity index (χ3n) is 4.51. The van der Waals surface area contributed by atoms with Crippen molar-refractivity contribution in [2.75, 3.05) is 42.6 Å². The lowest BCUT2D eigenvalue weighted by molar-refractivity contribution is 0.0526. The molecule has 25 heavy (non-hydrogen) atoms. The summed E-state index contributed by atoms with van der Waals surface area (Å²) in [5.41, 5.74) is 0.491. The monoisotopic (exact) mass is 359 g/mol. The molecule has 2 fully saturated rings. The van der Waals surface area contributed by atoms with Crippen molar-refractivity contribution in [2.45, 2.75) is 25.7 Å². The van der Waals surface area contributed by atoms with Crippen molar-refractivity contribution in [3.63, 3.8) is 0 Å². The number of anilines is 2. The first-order valence-corrected chi connectivity index (χ1v) is 9.48. The summed E-state index contributed by atoms with van der Waals surface area (Å²) < 4.78 is 9.48. The smallest absolute Gasteiger partial charge is 0.339 e. The standard InChI is InChI=1S/C17H21N5O2S/c1-2-24-16(23)13-5-6-14(18-11-13)21-7-9-22(10-8-21)17-19-15(20-25-17)12-3-4-12/h5-6,11-12H,2-4,7-10H2,1H3. The Hall–Kier alpha value is -2.22. The molecule has 0 atom stereocenters. The fourth-order valence-electron chi connectivity index (χ4n) is 2.90. The zero-order valence-electron chi connectivity index (χ0n) is 14.2. The van der Waals surface area contributed by atoms with Crippen LogP contribution in [0, 0.1) is 0 Å². The first-order chi connectivity index (χ1) is 12.2. The molecule has 0 bridgehead atoms. The van der Waals surface area contributed by atoms with Gasteiger partial charge in [-0.1, -0.05) is 0 Å². The van der Waals surface area contributed by atoms with E-state index in [4.69, 9.17) is 4.74 Å². The number of aromatic nitrogens is 3. The van der Waals surface area contributed by atoms with Crippen LogP contribution >= 0.6 is 11.5 Å². The van der Waals surface area contributed by atoms with Gasteiger partial charge in [0.2, 0.25) is 5.13 Å². The fraction of sp³-hybridized carbons (Fsp3) is 0.529. The van der Waals surface area contributed by atoms with E-state index in [0.29, 0.717) is 18.1 Å². The van der Waals surface area contributed by atoms with Gasteiger partial charge < -0.3 is 14.5 Å². The SMILES string of the molecule is CCOC(=O)c1ccc(N2CCN(c3nc(C4CC4)ns3)CC2)nc1. The van der Waals surface area contributed by atoms with E-state index in [1.165, 1.54) is 24.4 Å². The van der Waals surface area contributed by atoms with Crippen molar-refractivity contribution in [1.82, 2.24) is 14.3 Å². The molecule has 132 valence electrons. The van der Waals surface area contributed by atoms with Crippen LogP contribution in [0.2, 0.25) is 0 Å². The van der Waals surface area contributed by atoms with Gasteiger partial charge in [-0.2, -0.15) is 4.37 Å². The van der Waals surface area contributed by atoms with Gasteiger partial charge in [-0.15, -0.1) is 0 Å². The van der Waals surface area contributed by atoms with Gasteiger partial charge in [0, 0.05) is 49.8 Å². The Balaban J connectivity index is 1.35. The van der Waals surface area contributed by atoms with Gasteiger partial charge in [-0.25, -0.2) is 14.8 Å². The first kappa shape index (κ1) is 16.3. The van der Waals surface area contributed by atoms with Crippen LogP contribution in [0.5, 0.6) is 0 Å². The number of nitrogens with zero attached hydrogens (tertiary/aromatic N) is 5. The summed E-state index contributed by atoms with van der Waals surface area (Å²) in [4.78, 5) is 25.3. The molecule has 0 radical (unpaired) electrons. The van der Waals surface area contributed by atoms with E-state index in [-0.39, 0.29) is 5.97 Å². The van der Waals surface area contributed by atoms with Crippen LogP contribution in [0.1, 0.15) is 41.9 Å². The molecule has 2 aromatic rings. The van der Waals surface area contributed by atoms with E-state index < -0.39 is 0 Å². The summed E-state index contributed by atoms with van der Waals surface area (Å²) in [5.74, 6) is 2.20. The third kappa shape index (κ3) is 3.58. The molecular weight excluding hydrogens is 338 g/mol. The highest BCUT2D eigenvalue weighted by Gasteiger charge is 2.29. The Morgan fingerprint density at radius 1 is 1.24 bits per heavy atom. The van der Waals surface area contributed by atoms with Crippen molar-refractivity contribution in [3.8, 4) is 0 Å². The number of carbonyl (C=O) groups excluding carboxylic acids is 1. The fourth-order valence-corrected chi connectivity index (χ4v) is 3.69. The second kappa shape index (κ2) is 6.95. The molecule has 2 aliphatic rings. The van der Waals surface area contributed by atoms with E-state index in [2.05, 4.69) is 24.1 Å². The number of rotatable bonds is 5. The highest BCUT2D eigenvalue weighted by molar-refractivity contribution is 7.09. The molecule has 3 heterocycles.